The standard InChI is InChI=1S/C18H30N2O2.C10H11NO2.C3H6O2/c1-15-9-8-12-20(15)18(22)11-7-5-3-2-4-6-10-16-13-17(16)19-14-21;12-10(13)11-6-5-8-3-1-2-4-9(8)7-11;1-2-5-3-4/h6,10,14-17H,2-5,7-9,11-13H2,1H3,(H,19,21);1-4H,5-7H2,(H,12,13);3H,2H2,1H3/b10-6-;;/t15?,16-,17?;;/m1../s1. The average molecular weight is 558 g/mol. The molecule has 9 heteroatoms. The smallest absolute Gasteiger partial charge is 0.407 e. The lowest BCUT2D eigenvalue weighted by Gasteiger charge is -2.26. The molecule has 222 valence electrons. The van der Waals surface area contributed by atoms with Gasteiger partial charge in [0, 0.05) is 38.1 Å². The number of likely N-dealkylation sites (tertiary alicyclic amines) is 1. The maximum absolute atomic E-state index is 12.0. The molecule has 40 heavy (non-hydrogen) atoms. The van der Waals surface area contributed by atoms with Crippen LogP contribution in [-0.4, -0.2) is 71.6 Å². The number of carboxylic acid groups (broad SMARTS) is 1. The van der Waals surface area contributed by atoms with Crippen molar-refractivity contribution in [2.45, 2.75) is 96.7 Å². The number of nitrogens with one attached hydrogen (secondary N) is 1. The Morgan fingerprint density at radius 3 is 2.48 bits per heavy atom. The molecule has 1 saturated heterocycles. The van der Waals surface area contributed by atoms with Crippen LogP contribution in [0.1, 0.15) is 82.8 Å². The molecule has 1 aliphatic carbocycles. The van der Waals surface area contributed by atoms with Gasteiger partial charge in [-0.25, -0.2) is 4.79 Å². The minimum atomic E-state index is -0.825. The summed E-state index contributed by atoms with van der Waals surface area (Å²) in [5, 5.41) is 11.6. The van der Waals surface area contributed by atoms with E-state index in [0.29, 0.717) is 50.1 Å². The zero-order valence-corrected chi connectivity index (χ0v) is 24.1. The lowest BCUT2D eigenvalue weighted by Crippen LogP contribution is -2.34. The molecule has 0 aromatic heterocycles. The summed E-state index contributed by atoms with van der Waals surface area (Å²) >= 11 is 0. The number of unbranched alkanes of at least 4 members (excludes halogenated alkanes) is 4. The van der Waals surface area contributed by atoms with Gasteiger partial charge in [0.25, 0.3) is 6.47 Å². The van der Waals surface area contributed by atoms with Gasteiger partial charge in [-0.3, -0.25) is 14.4 Å². The minimum Gasteiger partial charge on any atom is -0.468 e. The summed E-state index contributed by atoms with van der Waals surface area (Å²) in [6.07, 6.45) is 15.1. The van der Waals surface area contributed by atoms with Gasteiger partial charge in [0.15, 0.2) is 0 Å². The van der Waals surface area contributed by atoms with Crippen LogP contribution in [0, 0.1) is 5.92 Å². The van der Waals surface area contributed by atoms with Crippen LogP contribution in [0.15, 0.2) is 36.4 Å². The van der Waals surface area contributed by atoms with Gasteiger partial charge in [0.1, 0.15) is 0 Å². The van der Waals surface area contributed by atoms with E-state index < -0.39 is 6.09 Å². The predicted octanol–water partition coefficient (Wildman–Crippen LogP) is 4.93. The van der Waals surface area contributed by atoms with E-state index in [4.69, 9.17) is 5.11 Å². The number of carbonyl (C=O) groups is 4. The van der Waals surface area contributed by atoms with Crippen molar-refractivity contribution >= 4 is 24.9 Å². The second-order valence-corrected chi connectivity index (χ2v) is 10.5. The monoisotopic (exact) mass is 557 g/mol. The fourth-order valence-corrected chi connectivity index (χ4v) is 5.04. The van der Waals surface area contributed by atoms with E-state index in [1.807, 2.05) is 18.2 Å². The second-order valence-electron chi connectivity index (χ2n) is 10.5. The van der Waals surface area contributed by atoms with Crippen molar-refractivity contribution in [3.63, 3.8) is 0 Å². The average Bonchev–Trinajstić information content (AvgIpc) is 3.55. The third kappa shape index (κ3) is 12.2. The van der Waals surface area contributed by atoms with Crippen LogP contribution in [0.3, 0.4) is 0 Å². The van der Waals surface area contributed by atoms with E-state index in [1.54, 1.807) is 6.92 Å². The largest absolute Gasteiger partial charge is 0.468 e. The number of amides is 3. The van der Waals surface area contributed by atoms with Crippen molar-refractivity contribution in [3.8, 4) is 0 Å². The lowest BCUT2D eigenvalue weighted by atomic mass is 10.0. The highest BCUT2D eigenvalue weighted by Crippen LogP contribution is 2.31. The summed E-state index contributed by atoms with van der Waals surface area (Å²) in [7, 11) is 0. The van der Waals surface area contributed by atoms with Crippen LogP contribution in [0.25, 0.3) is 0 Å². The minimum absolute atomic E-state index is 0.354. The number of ether oxygens (including phenoxy) is 1. The van der Waals surface area contributed by atoms with Crippen LogP contribution in [0.4, 0.5) is 4.79 Å². The molecule has 2 fully saturated rings. The molecule has 1 saturated carbocycles. The van der Waals surface area contributed by atoms with Crippen molar-refractivity contribution in [2.75, 3.05) is 19.7 Å². The van der Waals surface area contributed by atoms with Gasteiger partial charge in [-0.1, -0.05) is 49.3 Å². The van der Waals surface area contributed by atoms with Crippen molar-refractivity contribution in [3.05, 3.63) is 47.5 Å². The van der Waals surface area contributed by atoms with Crippen molar-refractivity contribution in [1.29, 1.82) is 0 Å². The van der Waals surface area contributed by atoms with Gasteiger partial charge in [0.2, 0.25) is 12.3 Å². The second kappa shape index (κ2) is 18.8. The van der Waals surface area contributed by atoms with Gasteiger partial charge in [0.05, 0.1) is 6.61 Å². The highest BCUT2D eigenvalue weighted by atomic mass is 16.5. The summed E-state index contributed by atoms with van der Waals surface area (Å²) in [6.45, 7) is 6.94. The lowest BCUT2D eigenvalue weighted by molar-refractivity contribution is -0.132. The van der Waals surface area contributed by atoms with E-state index in [9.17, 15) is 19.2 Å². The number of hydrogen-bond donors (Lipinski definition) is 2. The normalized spacial score (nSPS) is 20.8. The first kappa shape index (κ1) is 32.8. The third-order valence-electron chi connectivity index (χ3n) is 7.53. The van der Waals surface area contributed by atoms with Gasteiger partial charge in [-0.15, -0.1) is 0 Å². The molecular formula is C31H47N3O6. The van der Waals surface area contributed by atoms with Gasteiger partial charge < -0.3 is 25.0 Å². The Labute approximate surface area is 238 Å². The van der Waals surface area contributed by atoms with E-state index in [1.165, 1.54) is 36.1 Å². The first-order chi connectivity index (χ1) is 19.4. The Bertz CT molecular complexity index is 953. The number of nitrogens with zero attached hydrogens (tertiary/aromatic N) is 2. The zero-order chi connectivity index (χ0) is 29.2. The molecule has 1 aromatic rings. The number of carbonyl (C=O) groups excluding carboxylic acids is 3. The topological polar surface area (TPSA) is 116 Å². The fourth-order valence-electron chi connectivity index (χ4n) is 5.04. The molecule has 3 amide bonds. The van der Waals surface area contributed by atoms with E-state index in [-0.39, 0.29) is 0 Å². The summed E-state index contributed by atoms with van der Waals surface area (Å²) in [4.78, 5) is 45.7. The van der Waals surface area contributed by atoms with Crippen LogP contribution in [0.2, 0.25) is 0 Å². The molecule has 0 bridgehead atoms. The molecule has 0 spiro atoms. The Hall–Kier alpha value is -3.36. The van der Waals surface area contributed by atoms with Crippen molar-refractivity contribution in [1.82, 2.24) is 15.1 Å². The number of benzene rings is 1. The molecule has 3 atom stereocenters. The number of fused-ring (bicyclic) bond motifs is 1. The maximum Gasteiger partial charge on any atom is 0.407 e. The van der Waals surface area contributed by atoms with Crippen molar-refractivity contribution in [2.24, 2.45) is 5.92 Å². The van der Waals surface area contributed by atoms with Crippen LogP contribution in [-0.2, 0) is 32.1 Å². The van der Waals surface area contributed by atoms with Gasteiger partial charge in [-0.2, -0.15) is 0 Å². The zero-order valence-electron chi connectivity index (χ0n) is 24.1. The van der Waals surface area contributed by atoms with E-state index in [2.05, 4.69) is 40.1 Å². The molecule has 2 aliphatic heterocycles. The molecular weight excluding hydrogens is 510 g/mol. The van der Waals surface area contributed by atoms with E-state index in [0.717, 1.165) is 57.0 Å². The summed E-state index contributed by atoms with van der Waals surface area (Å²) in [5.74, 6) is 0.914. The fraction of sp³-hybridized carbons (Fsp3) is 0.613. The van der Waals surface area contributed by atoms with Gasteiger partial charge in [-0.05, 0) is 75.8 Å². The molecule has 0 radical (unpaired) electrons. The first-order valence-electron chi connectivity index (χ1n) is 14.7. The summed E-state index contributed by atoms with van der Waals surface area (Å²) in [6, 6.07) is 8.84. The Morgan fingerprint density at radius 1 is 1.10 bits per heavy atom. The highest BCUT2D eigenvalue weighted by molar-refractivity contribution is 5.76. The Morgan fingerprint density at radius 2 is 1.85 bits per heavy atom. The maximum atomic E-state index is 12.0. The molecule has 2 heterocycles. The van der Waals surface area contributed by atoms with Crippen LogP contribution >= 0.6 is 0 Å². The summed E-state index contributed by atoms with van der Waals surface area (Å²) < 4.78 is 4.15. The van der Waals surface area contributed by atoms with Crippen LogP contribution in [0.5, 0.6) is 0 Å². The Kier molecular flexibility index (Phi) is 15.5. The highest BCUT2D eigenvalue weighted by Gasteiger charge is 2.33. The molecule has 2 unspecified atom stereocenters. The predicted molar refractivity (Wildman–Crippen MR) is 155 cm³/mol. The molecule has 9 nitrogen and oxygen atoms in total. The third-order valence-corrected chi connectivity index (χ3v) is 7.53. The number of rotatable bonds is 12. The molecule has 4 rings (SSSR count). The number of allylic oxidation sites excluding steroid dienone is 1. The SMILES string of the molecule is CC1CCCN1C(=O)CCCCCC/C=C\[C@@H]1CC1NC=O.CCOC=O.O=C(O)N1CCc2ccccc2C1. The Balaban J connectivity index is 0.000000261. The number of hydrogen-bond acceptors (Lipinski definition) is 5. The quantitative estimate of drug-likeness (QED) is 0.214. The molecule has 2 N–H and O–H groups in total. The van der Waals surface area contributed by atoms with Crippen LogP contribution < -0.4 is 5.32 Å². The van der Waals surface area contributed by atoms with Gasteiger partial charge >= 0.3 is 6.09 Å². The molecule has 3 aliphatic rings. The van der Waals surface area contributed by atoms with Crippen molar-refractivity contribution < 1.29 is 29.0 Å². The first-order valence-corrected chi connectivity index (χ1v) is 14.7. The molecule has 1 aromatic carbocycles. The summed E-state index contributed by atoms with van der Waals surface area (Å²) in [5.41, 5.74) is 2.41. The van der Waals surface area contributed by atoms with E-state index >= 15 is 0 Å².